The summed E-state index contributed by atoms with van der Waals surface area (Å²) in [6, 6.07) is 25.6. The fraction of sp³-hybridized carbons (Fsp3) is 0.346. The molecular weight excluding hydrogens is 370 g/mol. The van der Waals surface area contributed by atoms with E-state index in [9.17, 15) is 4.79 Å². The van der Waals surface area contributed by atoms with E-state index < -0.39 is 0 Å². The number of hydrogen-bond acceptors (Lipinski definition) is 3. The van der Waals surface area contributed by atoms with Gasteiger partial charge in [0, 0.05) is 38.8 Å². The van der Waals surface area contributed by atoms with Gasteiger partial charge in [-0.2, -0.15) is 0 Å². The topological polar surface area (TPSA) is 35.6 Å². The van der Waals surface area contributed by atoms with Gasteiger partial charge in [0.05, 0.1) is 0 Å². The number of rotatable bonds is 6. The van der Waals surface area contributed by atoms with Crippen LogP contribution in [0, 0.1) is 0 Å². The zero-order valence-electron chi connectivity index (χ0n) is 17.3. The van der Waals surface area contributed by atoms with Gasteiger partial charge >= 0.3 is 0 Å². The Kier molecular flexibility index (Phi) is 5.52. The van der Waals surface area contributed by atoms with Crippen LogP contribution in [0.3, 0.4) is 0 Å². The van der Waals surface area contributed by atoms with Gasteiger partial charge in [0.1, 0.15) is 6.04 Å². The summed E-state index contributed by atoms with van der Waals surface area (Å²) in [6.07, 6.45) is 2.23. The molecule has 4 heteroatoms. The maximum atomic E-state index is 13.0. The molecule has 1 amide bonds. The molecule has 30 heavy (non-hydrogen) atoms. The third-order valence-corrected chi connectivity index (χ3v) is 6.33. The Morgan fingerprint density at radius 3 is 2.33 bits per heavy atom. The second-order valence-corrected chi connectivity index (χ2v) is 8.55. The van der Waals surface area contributed by atoms with E-state index in [4.69, 9.17) is 0 Å². The quantitative estimate of drug-likeness (QED) is 0.681. The Morgan fingerprint density at radius 1 is 0.867 bits per heavy atom. The molecule has 5 rings (SSSR count). The lowest BCUT2D eigenvalue weighted by molar-refractivity contribution is -0.127. The van der Waals surface area contributed by atoms with Gasteiger partial charge in [-0.15, -0.1) is 0 Å². The van der Waals surface area contributed by atoms with Crippen molar-refractivity contribution in [2.24, 2.45) is 0 Å². The van der Waals surface area contributed by atoms with Gasteiger partial charge in [-0.05, 0) is 34.7 Å². The van der Waals surface area contributed by atoms with E-state index in [-0.39, 0.29) is 11.9 Å². The van der Waals surface area contributed by atoms with E-state index in [1.165, 1.54) is 16.3 Å². The van der Waals surface area contributed by atoms with E-state index in [1.54, 1.807) is 0 Å². The number of carbonyl (C=O) groups excluding carboxylic acids is 1. The smallest absolute Gasteiger partial charge is 0.242 e. The minimum absolute atomic E-state index is 0.159. The number of fused-ring (bicyclic) bond motifs is 1. The molecule has 1 atom stereocenters. The van der Waals surface area contributed by atoms with Gasteiger partial charge < -0.3 is 5.32 Å². The standard InChI is InChI=1S/C26H29N3O/c30-26(27-23-13-14-23)25(21-8-2-1-3-9-21)29-17-15-28(16-18-29)19-22-11-6-10-20-7-4-5-12-24(20)22/h1-12,23,25H,13-19H2,(H,27,30)/t25-/m0/s1. The lowest BCUT2D eigenvalue weighted by Crippen LogP contribution is -2.51. The first-order valence-electron chi connectivity index (χ1n) is 11.1. The molecule has 1 aliphatic carbocycles. The molecule has 2 aliphatic rings. The van der Waals surface area contributed by atoms with Crippen LogP contribution in [0.1, 0.15) is 30.0 Å². The van der Waals surface area contributed by atoms with Crippen LogP contribution in [0.15, 0.2) is 72.8 Å². The number of amides is 1. The first-order chi connectivity index (χ1) is 14.8. The predicted octanol–water partition coefficient (Wildman–Crippen LogP) is 3.98. The van der Waals surface area contributed by atoms with Gasteiger partial charge in [-0.3, -0.25) is 14.6 Å². The van der Waals surface area contributed by atoms with Crippen molar-refractivity contribution in [2.75, 3.05) is 26.2 Å². The Hall–Kier alpha value is -2.69. The Balaban J connectivity index is 1.28. The summed E-state index contributed by atoms with van der Waals surface area (Å²) in [7, 11) is 0. The highest BCUT2D eigenvalue weighted by molar-refractivity contribution is 5.85. The first-order valence-corrected chi connectivity index (χ1v) is 11.1. The Labute approximate surface area is 178 Å². The molecule has 0 bridgehead atoms. The lowest BCUT2D eigenvalue weighted by atomic mass is 10.0. The summed E-state index contributed by atoms with van der Waals surface area (Å²) in [5, 5.41) is 5.87. The van der Waals surface area contributed by atoms with Crippen molar-refractivity contribution in [3.8, 4) is 0 Å². The van der Waals surface area contributed by atoms with Crippen LogP contribution in [0.2, 0.25) is 0 Å². The van der Waals surface area contributed by atoms with Crippen molar-refractivity contribution in [2.45, 2.75) is 31.5 Å². The maximum Gasteiger partial charge on any atom is 0.242 e. The Bertz CT molecular complexity index is 1000. The number of piperazine rings is 1. The average Bonchev–Trinajstić information content (AvgIpc) is 3.60. The number of nitrogens with one attached hydrogen (secondary N) is 1. The molecule has 1 saturated carbocycles. The summed E-state index contributed by atoms with van der Waals surface area (Å²) in [5.74, 6) is 0.159. The first kappa shape index (κ1) is 19.3. The fourth-order valence-electron chi connectivity index (χ4n) is 4.52. The van der Waals surface area contributed by atoms with E-state index in [0.29, 0.717) is 6.04 Å². The molecule has 2 fully saturated rings. The largest absolute Gasteiger partial charge is 0.352 e. The van der Waals surface area contributed by atoms with Crippen molar-refractivity contribution in [1.82, 2.24) is 15.1 Å². The van der Waals surface area contributed by atoms with Crippen LogP contribution >= 0.6 is 0 Å². The molecule has 1 saturated heterocycles. The molecular formula is C26H29N3O. The summed E-state index contributed by atoms with van der Waals surface area (Å²) >= 11 is 0. The second-order valence-electron chi connectivity index (χ2n) is 8.55. The third-order valence-electron chi connectivity index (χ3n) is 6.33. The zero-order valence-corrected chi connectivity index (χ0v) is 17.3. The average molecular weight is 400 g/mol. The minimum Gasteiger partial charge on any atom is -0.352 e. The van der Waals surface area contributed by atoms with Crippen molar-refractivity contribution in [1.29, 1.82) is 0 Å². The number of hydrogen-bond donors (Lipinski definition) is 1. The van der Waals surface area contributed by atoms with Crippen LogP contribution in [0.25, 0.3) is 10.8 Å². The third kappa shape index (κ3) is 4.25. The predicted molar refractivity (Wildman–Crippen MR) is 121 cm³/mol. The van der Waals surface area contributed by atoms with E-state index >= 15 is 0 Å². The normalized spacial score (nSPS) is 18.9. The summed E-state index contributed by atoms with van der Waals surface area (Å²) in [6.45, 7) is 4.72. The monoisotopic (exact) mass is 399 g/mol. The van der Waals surface area contributed by atoms with Crippen molar-refractivity contribution in [3.63, 3.8) is 0 Å². The summed E-state index contributed by atoms with van der Waals surface area (Å²) < 4.78 is 0. The SMILES string of the molecule is O=C(NC1CC1)[C@H](c1ccccc1)N1CCN(Cc2cccc3ccccc23)CC1. The van der Waals surface area contributed by atoms with E-state index in [0.717, 1.165) is 51.1 Å². The molecule has 154 valence electrons. The molecule has 3 aromatic rings. The number of benzene rings is 3. The van der Waals surface area contributed by atoms with Gasteiger partial charge in [-0.25, -0.2) is 0 Å². The molecule has 3 aromatic carbocycles. The molecule has 4 nitrogen and oxygen atoms in total. The van der Waals surface area contributed by atoms with Gasteiger partial charge in [0.25, 0.3) is 0 Å². The minimum atomic E-state index is -0.188. The van der Waals surface area contributed by atoms with Crippen molar-refractivity contribution < 1.29 is 4.79 Å². The van der Waals surface area contributed by atoms with Crippen LogP contribution in [0.5, 0.6) is 0 Å². The van der Waals surface area contributed by atoms with Crippen LogP contribution in [0.4, 0.5) is 0 Å². The molecule has 0 unspecified atom stereocenters. The van der Waals surface area contributed by atoms with Gasteiger partial charge in [0.2, 0.25) is 5.91 Å². The number of carbonyl (C=O) groups is 1. The van der Waals surface area contributed by atoms with Gasteiger partial charge in [0.15, 0.2) is 0 Å². The second kappa shape index (κ2) is 8.58. The molecule has 1 N–H and O–H groups in total. The Morgan fingerprint density at radius 2 is 1.57 bits per heavy atom. The molecule has 0 aromatic heterocycles. The number of nitrogens with zero attached hydrogens (tertiary/aromatic N) is 2. The highest BCUT2D eigenvalue weighted by Crippen LogP contribution is 2.27. The molecule has 0 spiro atoms. The zero-order chi connectivity index (χ0) is 20.3. The lowest BCUT2D eigenvalue weighted by Gasteiger charge is -2.39. The molecule has 0 radical (unpaired) electrons. The van der Waals surface area contributed by atoms with Crippen LogP contribution in [-0.2, 0) is 11.3 Å². The van der Waals surface area contributed by atoms with Gasteiger partial charge in [-0.1, -0.05) is 72.8 Å². The molecule has 1 heterocycles. The van der Waals surface area contributed by atoms with Crippen LogP contribution < -0.4 is 5.32 Å². The summed E-state index contributed by atoms with van der Waals surface area (Å²) in [4.78, 5) is 17.9. The van der Waals surface area contributed by atoms with Crippen LogP contribution in [-0.4, -0.2) is 47.9 Å². The molecule has 1 aliphatic heterocycles. The summed E-state index contributed by atoms with van der Waals surface area (Å²) in [5.41, 5.74) is 2.48. The van der Waals surface area contributed by atoms with Crippen molar-refractivity contribution >= 4 is 16.7 Å². The fourth-order valence-corrected chi connectivity index (χ4v) is 4.52. The maximum absolute atomic E-state index is 13.0. The van der Waals surface area contributed by atoms with Crippen molar-refractivity contribution in [3.05, 3.63) is 83.9 Å². The highest BCUT2D eigenvalue weighted by atomic mass is 16.2. The van der Waals surface area contributed by atoms with E-state index in [2.05, 4.69) is 69.7 Å². The van der Waals surface area contributed by atoms with E-state index in [1.807, 2.05) is 18.2 Å². The highest BCUT2D eigenvalue weighted by Gasteiger charge is 2.33.